The van der Waals surface area contributed by atoms with E-state index < -0.39 is 55.3 Å². The average molecular weight is 180 g/mol. The van der Waals surface area contributed by atoms with E-state index in [1.165, 1.54) is 4.65 Å². The van der Waals surface area contributed by atoms with Gasteiger partial charge in [-0.1, -0.05) is 38.9 Å². The summed E-state index contributed by atoms with van der Waals surface area (Å²) in [4.78, 5) is 0. The van der Waals surface area contributed by atoms with Gasteiger partial charge in [0.05, 0.1) is 0 Å². The molecule has 56 valence electrons. The van der Waals surface area contributed by atoms with E-state index >= 15 is 0 Å². The number of rotatable bonds is 2. The van der Waals surface area contributed by atoms with Gasteiger partial charge >= 0.3 is 0 Å². The van der Waals surface area contributed by atoms with Gasteiger partial charge in [0.2, 0.25) is 0 Å². The lowest BCUT2D eigenvalue weighted by Crippen LogP contribution is -2.55. The minimum atomic E-state index is -6.13. The van der Waals surface area contributed by atoms with Crippen molar-refractivity contribution in [3.05, 3.63) is 0 Å². The molecule has 0 aromatic heterocycles. The van der Waals surface area contributed by atoms with Crippen LogP contribution in [0.4, 0.5) is 0 Å². The molecule has 0 unspecified atom stereocenters. The summed E-state index contributed by atoms with van der Waals surface area (Å²) in [6.45, 7) is -23.2. The van der Waals surface area contributed by atoms with Crippen molar-refractivity contribution in [1.82, 2.24) is 4.65 Å². The predicted molar refractivity (Wildman–Crippen MR) is 49.8 cm³/mol. The first kappa shape index (κ1) is 0.950. The number of hydrogen-bond acceptors (Lipinski definition) is 1. The molecule has 0 rings (SSSR count). The fourth-order valence-corrected chi connectivity index (χ4v) is 2.53. The zero-order valence-corrected chi connectivity index (χ0v) is 6.50. The van der Waals surface area contributed by atoms with Crippen LogP contribution in [0.2, 0.25) is 38.9 Å². The molecule has 0 amide bonds. The van der Waals surface area contributed by atoms with Crippen molar-refractivity contribution in [1.29, 1.82) is 0 Å². The minimum absolute atomic E-state index is 1.42. The van der Waals surface area contributed by atoms with Crippen molar-refractivity contribution >= 4 is 16.5 Å². The van der Waals surface area contributed by atoms with Crippen molar-refractivity contribution < 1.29 is 24.7 Å². The Labute approximate surface area is 86.3 Å². The minimum Gasteiger partial charge on any atom is -0.360 e. The quantitative estimate of drug-likeness (QED) is 0.641. The molecule has 9 heavy (non-hydrogen) atoms. The lowest BCUT2D eigenvalue weighted by atomic mass is 11.8. The molecule has 1 N–H and O–H groups in total. The maximum absolute atomic E-state index is 7.53. The van der Waals surface area contributed by atoms with Crippen LogP contribution in [0.1, 0.15) is 24.7 Å². The van der Waals surface area contributed by atoms with E-state index in [-0.39, 0.29) is 0 Å². The summed E-state index contributed by atoms with van der Waals surface area (Å²) >= 11 is 0. The molecular weight excluding hydrogens is 142 g/mol. The molecular formula is C6H19NSi2. The van der Waals surface area contributed by atoms with Gasteiger partial charge in [-0.25, -0.2) is 0 Å². The fraction of sp³-hybridized carbons (Fsp3) is 1.00. The van der Waals surface area contributed by atoms with Crippen molar-refractivity contribution in [2.45, 2.75) is 38.9 Å². The lowest BCUT2D eigenvalue weighted by molar-refractivity contribution is 1.30. The summed E-state index contributed by atoms with van der Waals surface area (Å²) in [5, 5.41) is 0. The maximum Gasteiger partial charge on any atom is 0.109 e. The Hall–Kier alpha value is 0.394. The standard InChI is InChI=1S/C6H19NSi2/c1-8(2,3)7-9(4,5)6/h7H,1-6H3/i1D3,2D3,3D3,4D3,5D3,6D3. The molecule has 0 heterocycles. The van der Waals surface area contributed by atoms with Gasteiger partial charge in [-0.2, -0.15) is 0 Å². The van der Waals surface area contributed by atoms with Crippen molar-refractivity contribution in [2.75, 3.05) is 0 Å². The van der Waals surface area contributed by atoms with Gasteiger partial charge in [0, 0.05) is 24.7 Å². The van der Waals surface area contributed by atoms with Crippen molar-refractivity contribution in [2.24, 2.45) is 0 Å². The van der Waals surface area contributed by atoms with Crippen LogP contribution in [0.3, 0.4) is 0 Å². The third-order valence-electron chi connectivity index (χ3n) is 0.375. The van der Waals surface area contributed by atoms with Gasteiger partial charge < -0.3 is 4.65 Å². The van der Waals surface area contributed by atoms with Crippen molar-refractivity contribution in [3.63, 3.8) is 0 Å². The smallest absolute Gasteiger partial charge is 0.109 e. The summed E-state index contributed by atoms with van der Waals surface area (Å²) in [7, 11) is -12.3. The Morgan fingerprint density at radius 3 is 1.44 bits per heavy atom. The van der Waals surface area contributed by atoms with E-state index in [0.717, 1.165) is 0 Å². The first-order chi connectivity index (χ1) is 11.2. The molecule has 0 radical (unpaired) electrons. The summed E-state index contributed by atoms with van der Waals surface area (Å²) in [6, 6.07) is 0. The fourth-order valence-electron chi connectivity index (χ4n) is 0.281. The molecule has 0 saturated carbocycles. The molecule has 0 saturated heterocycles. The summed E-state index contributed by atoms with van der Waals surface area (Å²) in [5.74, 6) is 0. The number of hydrogen-bond donors (Lipinski definition) is 1. The van der Waals surface area contributed by atoms with Crippen molar-refractivity contribution in [3.8, 4) is 0 Å². The highest BCUT2D eigenvalue weighted by Crippen LogP contribution is 2.02. The molecule has 3 heteroatoms. The van der Waals surface area contributed by atoms with Gasteiger partial charge in [-0.3, -0.25) is 0 Å². The Morgan fingerprint density at radius 1 is 0.889 bits per heavy atom. The van der Waals surface area contributed by atoms with E-state index in [0.29, 0.717) is 0 Å². The SMILES string of the molecule is [2H]C([2H])([2H])[Si](N[Si](C([2H])([2H])[2H])(C([2H])([2H])[2H])C([2H])([2H])[2H])(C([2H])([2H])[2H])C([2H])([2H])[2H]. The third-order valence-corrected chi connectivity index (χ3v) is 3.38. The zero-order valence-electron chi connectivity index (χ0n) is 22.5. The zero-order chi connectivity index (χ0) is 22.7. The van der Waals surface area contributed by atoms with E-state index in [1.807, 2.05) is 0 Å². The van der Waals surface area contributed by atoms with E-state index in [9.17, 15) is 0 Å². The van der Waals surface area contributed by atoms with Crippen LogP contribution in [-0.2, 0) is 0 Å². The van der Waals surface area contributed by atoms with Gasteiger partial charge in [0.1, 0.15) is 16.5 Å². The van der Waals surface area contributed by atoms with Crippen LogP contribution in [-0.4, -0.2) is 16.5 Å². The lowest BCUT2D eigenvalue weighted by Gasteiger charge is -2.28. The highest BCUT2D eigenvalue weighted by Gasteiger charge is 2.22. The van der Waals surface area contributed by atoms with Gasteiger partial charge in [0.25, 0.3) is 0 Å². The normalized spacial score (nSPS) is 52.0. The Kier molecular flexibility index (Phi) is 0.270. The molecule has 0 spiro atoms. The molecule has 0 aliphatic carbocycles. The van der Waals surface area contributed by atoms with E-state index in [4.69, 9.17) is 24.7 Å². The Balaban J connectivity index is 7.45. The van der Waals surface area contributed by atoms with Crippen LogP contribution >= 0.6 is 0 Å². The molecule has 0 atom stereocenters. The van der Waals surface area contributed by atoms with Crippen LogP contribution in [0.5, 0.6) is 0 Å². The number of nitrogens with one attached hydrogen (secondary N) is 1. The van der Waals surface area contributed by atoms with E-state index in [2.05, 4.69) is 0 Å². The second-order valence-corrected chi connectivity index (χ2v) is 5.62. The molecule has 0 aromatic rings. The van der Waals surface area contributed by atoms with Gasteiger partial charge in [0.15, 0.2) is 0 Å². The third kappa shape index (κ3) is 8.39. The molecule has 0 aliphatic rings. The average Bonchev–Trinajstić information content (AvgIpc) is 2.16. The van der Waals surface area contributed by atoms with Gasteiger partial charge in [-0.05, 0) is 0 Å². The molecule has 0 aliphatic heterocycles. The molecule has 0 fully saturated rings. The monoisotopic (exact) mass is 179 g/mol. The highest BCUT2D eigenvalue weighted by molar-refractivity contribution is 6.90. The molecule has 1 nitrogen and oxygen atoms in total. The molecule has 0 aromatic carbocycles. The highest BCUT2D eigenvalue weighted by atomic mass is 28.4. The van der Waals surface area contributed by atoms with Crippen LogP contribution in [0.25, 0.3) is 0 Å². The second kappa shape index (κ2) is 2.56. The topological polar surface area (TPSA) is 12.0 Å². The summed E-state index contributed by atoms with van der Waals surface area (Å²) in [6.07, 6.45) is 0. The largest absolute Gasteiger partial charge is 0.360 e. The first-order valence-electron chi connectivity index (χ1n) is 11.0. The second-order valence-electron chi connectivity index (χ2n) is 1.62. The van der Waals surface area contributed by atoms with Crippen LogP contribution in [0, 0.1) is 0 Å². The summed E-state index contributed by atoms with van der Waals surface area (Å²) in [5.41, 5.74) is 0. The summed E-state index contributed by atoms with van der Waals surface area (Å²) < 4.78 is 137. The first-order valence-corrected chi connectivity index (χ1v) is 6.00. The van der Waals surface area contributed by atoms with Gasteiger partial charge in [-0.15, -0.1) is 0 Å². The maximum atomic E-state index is 7.53. The Morgan fingerprint density at radius 2 is 1.22 bits per heavy atom. The van der Waals surface area contributed by atoms with E-state index in [1.54, 1.807) is 0 Å². The molecule has 0 bridgehead atoms. The van der Waals surface area contributed by atoms with Crippen LogP contribution < -0.4 is 4.65 Å². The Bertz CT molecular complexity index is 405. The van der Waals surface area contributed by atoms with Crippen LogP contribution in [0.15, 0.2) is 0 Å². The predicted octanol–water partition coefficient (Wildman–Crippen LogP) is 2.25.